The van der Waals surface area contributed by atoms with Gasteiger partial charge in [-0.15, -0.1) is 12.6 Å². The third-order valence-electron chi connectivity index (χ3n) is 2.55. The Labute approximate surface area is 130 Å². The number of amides is 1. The fourth-order valence-electron chi connectivity index (χ4n) is 1.62. The van der Waals surface area contributed by atoms with Crippen LogP contribution in [0.25, 0.3) is 0 Å². The number of carbonyl (C=O) groups excluding carboxylic acids is 1. The summed E-state index contributed by atoms with van der Waals surface area (Å²) in [4.78, 5) is 12.7. The lowest BCUT2D eigenvalue weighted by Gasteiger charge is -2.08. The van der Waals surface area contributed by atoms with Crippen LogP contribution in [0.3, 0.4) is 0 Å². The van der Waals surface area contributed by atoms with E-state index in [0.29, 0.717) is 22.0 Å². The van der Waals surface area contributed by atoms with Crippen molar-refractivity contribution in [3.05, 3.63) is 63.1 Å². The summed E-state index contributed by atoms with van der Waals surface area (Å²) in [5, 5.41) is 3.50. The molecular formula is C14H11BrClNOS. The highest BCUT2D eigenvalue weighted by atomic mass is 79.9. The van der Waals surface area contributed by atoms with Crippen LogP contribution >= 0.6 is 40.2 Å². The monoisotopic (exact) mass is 355 g/mol. The van der Waals surface area contributed by atoms with Gasteiger partial charge in [-0.2, -0.15) is 0 Å². The van der Waals surface area contributed by atoms with Gasteiger partial charge in [-0.1, -0.05) is 39.7 Å². The molecule has 0 heterocycles. The number of carbonyl (C=O) groups is 1. The average Bonchev–Trinajstić information content (AvgIpc) is 2.36. The van der Waals surface area contributed by atoms with E-state index >= 15 is 0 Å². The van der Waals surface area contributed by atoms with Crippen LogP contribution in [0.4, 0.5) is 0 Å². The molecule has 2 nitrogen and oxygen atoms in total. The third kappa shape index (κ3) is 4.00. The molecule has 0 aliphatic rings. The highest BCUT2D eigenvalue weighted by Gasteiger charge is 2.09. The lowest BCUT2D eigenvalue weighted by Crippen LogP contribution is -2.23. The minimum Gasteiger partial charge on any atom is -0.348 e. The fourth-order valence-corrected chi connectivity index (χ4v) is 2.69. The largest absolute Gasteiger partial charge is 0.348 e. The van der Waals surface area contributed by atoms with Gasteiger partial charge in [0, 0.05) is 20.9 Å². The molecule has 2 rings (SSSR count). The molecule has 0 unspecified atom stereocenters. The van der Waals surface area contributed by atoms with Gasteiger partial charge in [0.05, 0.1) is 5.56 Å². The predicted octanol–water partition coefficient (Wildman–Crippen LogP) is 4.32. The number of benzene rings is 2. The Morgan fingerprint density at radius 2 is 2.05 bits per heavy atom. The molecule has 0 bridgehead atoms. The maximum atomic E-state index is 12.0. The van der Waals surface area contributed by atoms with Gasteiger partial charge >= 0.3 is 0 Å². The van der Waals surface area contributed by atoms with Gasteiger partial charge in [-0.05, 0) is 35.9 Å². The Bertz CT molecular complexity index is 618. The van der Waals surface area contributed by atoms with E-state index in [1.54, 1.807) is 18.2 Å². The van der Waals surface area contributed by atoms with Crippen LogP contribution < -0.4 is 5.32 Å². The second kappa shape index (κ2) is 6.46. The van der Waals surface area contributed by atoms with Crippen molar-refractivity contribution in [3.8, 4) is 0 Å². The smallest absolute Gasteiger partial charge is 0.252 e. The van der Waals surface area contributed by atoms with E-state index in [1.165, 1.54) is 0 Å². The first-order chi connectivity index (χ1) is 9.06. The van der Waals surface area contributed by atoms with Crippen molar-refractivity contribution in [2.24, 2.45) is 0 Å². The molecule has 0 saturated heterocycles. The molecule has 98 valence electrons. The Morgan fingerprint density at radius 1 is 1.26 bits per heavy atom. The molecule has 19 heavy (non-hydrogen) atoms. The quantitative estimate of drug-likeness (QED) is 0.788. The lowest BCUT2D eigenvalue weighted by molar-refractivity contribution is 0.0948. The van der Waals surface area contributed by atoms with Crippen LogP contribution in [0.5, 0.6) is 0 Å². The van der Waals surface area contributed by atoms with Gasteiger partial charge in [0.25, 0.3) is 5.91 Å². The summed E-state index contributed by atoms with van der Waals surface area (Å²) in [6, 6.07) is 12.7. The van der Waals surface area contributed by atoms with Crippen LogP contribution in [-0.2, 0) is 6.54 Å². The zero-order valence-corrected chi connectivity index (χ0v) is 13.1. The molecule has 1 amide bonds. The van der Waals surface area contributed by atoms with Crippen molar-refractivity contribution in [2.45, 2.75) is 11.4 Å². The predicted molar refractivity (Wildman–Crippen MR) is 84.0 cm³/mol. The molecule has 0 radical (unpaired) electrons. The van der Waals surface area contributed by atoms with Gasteiger partial charge in [0.2, 0.25) is 0 Å². The number of halogens is 2. The first-order valence-corrected chi connectivity index (χ1v) is 7.19. The maximum Gasteiger partial charge on any atom is 0.252 e. The van der Waals surface area contributed by atoms with E-state index in [-0.39, 0.29) is 5.91 Å². The molecule has 0 atom stereocenters. The van der Waals surface area contributed by atoms with Crippen molar-refractivity contribution in [3.63, 3.8) is 0 Å². The summed E-state index contributed by atoms with van der Waals surface area (Å²) in [6.07, 6.45) is 0. The molecule has 0 saturated carbocycles. The summed E-state index contributed by atoms with van der Waals surface area (Å²) >= 11 is 13.5. The Balaban J connectivity index is 2.05. The molecular weight excluding hydrogens is 346 g/mol. The van der Waals surface area contributed by atoms with Crippen LogP contribution in [0.15, 0.2) is 51.8 Å². The van der Waals surface area contributed by atoms with Crippen molar-refractivity contribution < 1.29 is 4.79 Å². The van der Waals surface area contributed by atoms with Gasteiger partial charge in [0.15, 0.2) is 0 Å². The summed E-state index contributed by atoms with van der Waals surface area (Å²) in [6.45, 7) is 0.433. The first-order valence-electron chi connectivity index (χ1n) is 5.57. The van der Waals surface area contributed by atoms with Gasteiger partial charge in [-0.25, -0.2) is 0 Å². The van der Waals surface area contributed by atoms with Gasteiger partial charge in [0.1, 0.15) is 0 Å². The van der Waals surface area contributed by atoms with Crippen molar-refractivity contribution >= 4 is 46.1 Å². The van der Waals surface area contributed by atoms with E-state index < -0.39 is 0 Å². The van der Waals surface area contributed by atoms with E-state index in [2.05, 4.69) is 33.9 Å². The minimum absolute atomic E-state index is 0.155. The molecule has 5 heteroatoms. The normalized spacial score (nSPS) is 10.3. The second-order valence-electron chi connectivity index (χ2n) is 3.97. The second-order valence-corrected chi connectivity index (χ2v) is 5.81. The van der Waals surface area contributed by atoms with Crippen molar-refractivity contribution in [1.82, 2.24) is 5.32 Å². The zero-order valence-electron chi connectivity index (χ0n) is 9.86. The third-order valence-corrected chi connectivity index (χ3v) is 3.64. The van der Waals surface area contributed by atoms with E-state index in [9.17, 15) is 4.79 Å². The molecule has 0 aliphatic heterocycles. The van der Waals surface area contributed by atoms with E-state index in [0.717, 1.165) is 10.0 Å². The van der Waals surface area contributed by atoms with Crippen LogP contribution in [-0.4, -0.2) is 5.91 Å². The number of rotatable bonds is 3. The summed E-state index contributed by atoms with van der Waals surface area (Å²) < 4.78 is 0.892. The molecule has 2 aromatic carbocycles. The molecule has 2 aromatic rings. The molecule has 0 spiro atoms. The van der Waals surface area contributed by atoms with E-state index in [4.69, 9.17) is 11.6 Å². The lowest BCUT2D eigenvalue weighted by atomic mass is 10.2. The molecule has 0 aliphatic carbocycles. The Morgan fingerprint density at radius 3 is 2.74 bits per heavy atom. The molecule has 0 aromatic heterocycles. The molecule has 1 N–H and O–H groups in total. The fraction of sp³-hybridized carbons (Fsp3) is 0.0714. The molecule has 0 fully saturated rings. The highest BCUT2D eigenvalue weighted by Crippen LogP contribution is 2.20. The summed E-state index contributed by atoms with van der Waals surface area (Å²) in [5.74, 6) is -0.155. The Kier molecular flexibility index (Phi) is 4.91. The summed E-state index contributed by atoms with van der Waals surface area (Å²) in [5.41, 5.74) is 1.51. The van der Waals surface area contributed by atoms with Crippen LogP contribution in [0, 0.1) is 0 Å². The van der Waals surface area contributed by atoms with Gasteiger partial charge < -0.3 is 5.32 Å². The van der Waals surface area contributed by atoms with Crippen molar-refractivity contribution in [2.75, 3.05) is 0 Å². The maximum absolute atomic E-state index is 12.0. The average molecular weight is 357 g/mol. The minimum atomic E-state index is -0.155. The van der Waals surface area contributed by atoms with E-state index in [1.807, 2.05) is 24.3 Å². The SMILES string of the molecule is O=C(NCc1cccc(Cl)c1)c1ccc(Br)cc1S. The highest BCUT2D eigenvalue weighted by molar-refractivity contribution is 9.10. The number of thiol groups is 1. The number of hydrogen-bond donors (Lipinski definition) is 2. The number of nitrogens with one attached hydrogen (secondary N) is 1. The summed E-state index contributed by atoms with van der Waals surface area (Å²) in [7, 11) is 0. The zero-order chi connectivity index (χ0) is 13.8. The van der Waals surface area contributed by atoms with Gasteiger partial charge in [-0.3, -0.25) is 4.79 Å². The van der Waals surface area contributed by atoms with Crippen LogP contribution in [0.1, 0.15) is 15.9 Å². The van der Waals surface area contributed by atoms with Crippen LogP contribution in [0.2, 0.25) is 5.02 Å². The Hall–Kier alpha value is -0.970. The topological polar surface area (TPSA) is 29.1 Å². The number of hydrogen-bond acceptors (Lipinski definition) is 2. The standard InChI is InChI=1S/C14H11BrClNOS/c15-10-4-5-12(13(19)7-10)14(18)17-8-9-2-1-3-11(16)6-9/h1-7,19H,8H2,(H,17,18). The van der Waals surface area contributed by atoms with Crippen molar-refractivity contribution in [1.29, 1.82) is 0 Å². The first kappa shape index (κ1) is 14.4.